The number of hydrogen-bond donors (Lipinski definition) is 1. The molecule has 0 radical (unpaired) electrons. The molecular weight excluding hydrogens is 355 g/mol. The number of benzene rings is 1. The molecule has 1 amide bonds. The number of carbonyl (C=O) groups excluding carboxylic acids is 1. The number of hydrazine groups is 1. The Bertz CT molecular complexity index is 699. The summed E-state index contributed by atoms with van der Waals surface area (Å²) in [7, 11) is 0. The van der Waals surface area contributed by atoms with E-state index in [1.165, 1.54) is 0 Å². The lowest BCUT2D eigenvalue weighted by Gasteiger charge is -2.26. The molecule has 122 valence electrons. The smallest absolute Gasteiger partial charge is 0.239 e. The van der Waals surface area contributed by atoms with Crippen LogP contribution < -0.4 is 5.43 Å². The van der Waals surface area contributed by atoms with E-state index in [0.29, 0.717) is 29.7 Å². The third-order valence-corrected chi connectivity index (χ3v) is 5.15. The maximum absolute atomic E-state index is 12.1. The van der Waals surface area contributed by atoms with Crippen LogP contribution in [0, 0.1) is 0 Å². The van der Waals surface area contributed by atoms with Crippen molar-refractivity contribution in [3.8, 4) is 10.4 Å². The number of nitrogens with zero attached hydrogens (tertiary/aromatic N) is 1. The van der Waals surface area contributed by atoms with E-state index in [-0.39, 0.29) is 5.91 Å². The minimum absolute atomic E-state index is 0.0116. The fourth-order valence-electron chi connectivity index (χ4n) is 2.36. The molecule has 1 saturated heterocycles. The lowest BCUT2D eigenvalue weighted by molar-refractivity contribution is -0.127. The molecule has 1 fully saturated rings. The molecule has 0 atom stereocenters. The van der Waals surface area contributed by atoms with Gasteiger partial charge in [-0.05, 0) is 24.3 Å². The van der Waals surface area contributed by atoms with Crippen molar-refractivity contribution in [3.05, 3.63) is 45.3 Å². The van der Waals surface area contributed by atoms with Crippen molar-refractivity contribution in [2.24, 2.45) is 0 Å². The minimum atomic E-state index is -0.0116. The number of ether oxygens (including phenoxy) is 1. The quantitative estimate of drug-likeness (QED) is 0.893. The number of nitrogens with one attached hydrogen (secondary N) is 1. The van der Waals surface area contributed by atoms with Gasteiger partial charge >= 0.3 is 0 Å². The summed E-state index contributed by atoms with van der Waals surface area (Å²) in [5.41, 5.74) is 3.84. The van der Waals surface area contributed by atoms with E-state index in [1.807, 2.05) is 29.3 Å². The van der Waals surface area contributed by atoms with Crippen LogP contribution in [0.5, 0.6) is 0 Å². The Hall–Kier alpha value is -1.11. The number of halogens is 2. The van der Waals surface area contributed by atoms with Crippen LogP contribution in [0.1, 0.15) is 4.88 Å². The van der Waals surface area contributed by atoms with Gasteiger partial charge in [-0.2, -0.15) is 0 Å². The standard InChI is InChI=1S/C16H16Cl2N2O2S/c17-11-1-3-13(14(18)9-11)15-4-2-12(23-15)10-16(21)19-20-5-7-22-8-6-20/h1-4,9H,5-8,10H2,(H,19,21). The Morgan fingerprint density at radius 1 is 1.22 bits per heavy atom. The predicted molar refractivity (Wildman–Crippen MR) is 94.0 cm³/mol. The van der Waals surface area contributed by atoms with E-state index in [9.17, 15) is 4.79 Å². The fourth-order valence-corrected chi connectivity index (χ4v) is 3.97. The fraction of sp³-hybridized carbons (Fsp3) is 0.312. The van der Waals surface area contributed by atoms with Gasteiger partial charge < -0.3 is 4.74 Å². The second-order valence-corrected chi connectivity index (χ2v) is 7.21. The summed E-state index contributed by atoms with van der Waals surface area (Å²) in [6, 6.07) is 9.38. The first-order chi connectivity index (χ1) is 11.1. The number of rotatable bonds is 4. The van der Waals surface area contributed by atoms with Crippen LogP contribution in [0.3, 0.4) is 0 Å². The normalized spacial score (nSPS) is 15.6. The number of carbonyl (C=O) groups is 1. The first-order valence-corrected chi connectivity index (χ1v) is 8.85. The van der Waals surface area contributed by atoms with Crippen molar-refractivity contribution in [1.29, 1.82) is 0 Å². The van der Waals surface area contributed by atoms with Crippen LogP contribution in [0.4, 0.5) is 0 Å². The molecule has 4 nitrogen and oxygen atoms in total. The molecule has 2 heterocycles. The van der Waals surface area contributed by atoms with Crippen LogP contribution in [0.25, 0.3) is 10.4 Å². The van der Waals surface area contributed by atoms with Gasteiger partial charge in [0.1, 0.15) is 0 Å². The maximum Gasteiger partial charge on any atom is 0.239 e. The molecule has 23 heavy (non-hydrogen) atoms. The van der Waals surface area contributed by atoms with Gasteiger partial charge in [0.2, 0.25) is 5.91 Å². The molecule has 2 aromatic rings. The minimum Gasteiger partial charge on any atom is -0.379 e. The third kappa shape index (κ3) is 4.46. The summed E-state index contributed by atoms with van der Waals surface area (Å²) in [5, 5.41) is 3.13. The highest BCUT2D eigenvalue weighted by Crippen LogP contribution is 2.35. The van der Waals surface area contributed by atoms with E-state index in [2.05, 4.69) is 5.43 Å². The summed E-state index contributed by atoms with van der Waals surface area (Å²) in [6.45, 7) is 2.75. The average molecular weight is 371 g/mol. The zero-order chi connectivity index (χ0) is 16.2. The highest BCUT2D eigenvalue weighted by Gasteiger charge is 2.14. The molecule has 0 spiro atoms. The molecule has 1 aromatic heterocycles. The van der Waals surface area contributed by atoms with Crippen LogP contribution >= 0.6 is 34.5 Å². The van der Waals surface area contributed by atoms with E-state index in [1.54, 1.807) is 17.4 Å². The Morgan fingerprint density at radius 3 is 2.74 bits per heavy atom. The first kappa shape index (κ1) is 16.7. The molecule has 1 N–H and O–H groups in total. The first-order valence-electron chi connectivity index (χ1n) is 7.28. The van der Waals surface area contributed by atoms with Crippen molar-refractivity contribution in [2.75, 3.05) is 26.3 Å². The molecule has 0 bridgehead atoms. The van der Waals surface area contributed by atoms with Gasteiger partial charge in [-0.3, -0.25) is 10.2 Å². The number of thiophene rings is 1. The molecule has 1 aliphatic heterocycles. The number of morpholine rings is 1. The molecular formula is C16H16Cl2N2O2S. The van der Waals surface area contributed by atoms with E-state index in [0.717, 1.165) is 28.4 Å². The highest BCUT2D eigenvalue weighted by molar-refractivity contribution is 7.15. The molecule has 0 saturated carbocycles. The topological polar surface area (TPSA) is 41.6 Å². The van der Waals surface area contributed by atoms with Gasteiger partial charge in [0.25, 0.3) is 0 Å². The highest BCUT2D eigenvalue weighted by atomic mass is 35.5. The van der Waals surface area contributed by atoms with Gasteiger partial charge in [0.05, 0.1) is 24.7 Å². The Labute approximate surface area is 148 Å². The lowest BCUT2D eigenvalue weighted by Crippen LogP contribution is -2.48. The maximum atomic E-state index is 12.1. The molecule has 3 rings (SSSR count). The van der Waals surface area contributed by atoms with Crippen LogP contribution in [-0.2, 0) is 16.0 Å². The van der Waals surface area contributed by atoms with Gasteiger partial charge in [-0.1, -0.05) is 29.3 Å². The Kier molecular flexibility index (Phi) is 5.56. The van der Waals surface area contributed by atoms with Crippen LogP contribution in [-0.4, -0.2) is 37.2 Å². The van der Waals surface area contributed by atoms with Crippen molar-refractivity contribution in [3.63, 3.8) is 0 Å². The summed E-state index contributed by atoms with van der Waals surface area (Å²) < 4.78 is 5.26. The Balaban J connectivity index is 1.63. The number of amides is 1. The largest absolute Gasteiger partial charge is 0.379 e. The second kappa shape index (κ2) is 7.64. The molecule has 0 aliphatic carbocycles. The van der Waals surface area contributed by atoms with Gasteiger partial charge in [-0.25, -0.2) is 5.01 Å². The van der Waals surface area contributed by atoms with Crippen molar-refractivity contribution in [2.45, 2.75) is 6.42 Å². The zero-order valence-corrected chi connectivity index (χ0v) is 14.7. The van der Waals surface area contributed by atoms with E-state index >= 15 is 0 Å². The monoisotopic (exact) mass is 370 g/mol. The Morgan fingerprint density at radius 2 is 2.00 bits per heavy atom. The molecule has 7 heteroatoms. The van der Waals surface area contributed by atoms with Crippen molar-refractivity contribution >= 4 is 40.4 Å². The third-order valence-electron chi connectivity index (χ3n) is 3.49. The van der Waals surface area contributed by atoms with E-state index < -0.39 is 0 Å². The van der Waals surface area contributed by atoms with Crippen molar-refractivity contribution < 1.29 is 9.53 Å². The molecule has 1 aliphatic rings. The SMILES string of the molecule is O=C(Cc1ccc(-c2ccc(Cl)cc2Cl)s1)NN1CCOCC1. The van der Waals surface area contributed by atoms with Crippen LogP contribution in [0.15, 0.2) is 30.3 Å². The molecule has 0 unspecified atom stereocenters. The summed E-state index contributed by atoms with van der Waals surface area (Å²) in [4.78, 5) is 14.1. The second-order valence-electron chi connectivity index (χ2n) is 5.20. The van der Waals surface area contributed by atoms with Gasteiger partial charge in [-0.15, -0.1) is 11.3 Å². The predicted octanol–water partition coefficient (Wildman–Crippen LogP) is 3.63. The zero-order valence-electron chi connectivity index (χ0n) is 12.4. The van der Waals surface area contributed by atoms with Crippen molar-refractivity contribution in [1.82, 2.24) is 10.4 Å². The molecule has 1 aromatic carbocycles. The van der Waals surface area contributed by atoms with Gasteiger partial charge in [0, 0.05) is 33.4 Å². The van der Waals surface area contributed by atoms with E-state index in [4.69, 9.17) is 27.9 Å². The lowest BCUT2D eigenvalue weighted by atomic mass is 10.2. The summed E-state index contributed by atoms with van der Waals surface area (Å²) in [5.74, 6) is -0.0116. The van der Waals surface area contributed by atoms with Gasteiger partial charge in [0.15, 0.2) is 0 Å². The number of hydrogen-bond acceptors (Lipinski definition) is 4. The average Bonchev–Trinajstić information content (AvgIpc) is 2.96. The summed E-state index contributed by atoms with van der Waals surface area (Å²) >= 11 is 13.7. The summed E-state index contributed by atoms with van der Waals surface area (Å²) in [6.07, 6.45) is 0.354. The van der Waals surface area contributed by atoms with Crippen LogP contribution in [0.2, 0.25) is 10.0 Å².